The van der Waals surface area contributed by atoms with Crippen molar-refractivity contribution >= 4 is 34.9 Å². The molecule has 0 spiro atoms. The number of nitrogens with one attached hydrogen (secondary N) is 2. The lowest BCUT2D eigenvalue weighted by Crippen LogP contribution is -2.33. The molecule has 9 heteroatoms. The van der Waals surface area contributed by atoms with Crippen molar-refractivity contribution in [2.24, 2.45) is 0 Å². The Morgan fingerprint density at radius 3 is 2.42 bits per heavy atom. The van der Waals surface area contributed by atoms with Gasteiger partial charge in [-0.25, -0.2) is 4.79 Å². The van der Waals surface area contributed by atoms with Gasteiger partial charge in [-0.3, -0.25) is 9.78 Å². The molecule has 1 aliphatic heterocycles. The fourth-order valence-corrected chi connectivity index (χ4v) is 5.70. The summed E-state index contributed by atoms with van der Waals surface area (Å²) in [7, 11) is 0. The number of aromatic nitrogens is 2. The number of carboxylic acid groups (broad SMARTS) is 1. The number of para-hydroxylation sites is 1. The molecular weight excluding hydrogens is 522 g/mol. The predicted octanol–water partition coefficient (Wildman–Crippen LogP) is 5.50. The third kappa shape index (κ3) is 5.33. The fourth-order valence-electron chi connectivity index (χ4n) is 5.37. The molecule has 0 saturated carbocycles. The molecule has 3 N–H and O–H groups in total. The van der Waals surface area contributed by atoms with Gasteiger partial charge in [0.2, 0.25) is 5.91 Å². The van der Waals surface area contributed by atoms with E-state index in [2.05, 4.69) is 31.2 Å². The van der Waals surface area contributed by atoms with Crippen LogP contribution in [0.5, 0.6) is 0 Å². The average Bonchev–Trinajstić information content (AvgIpc) is 3.43. The molecule has 0 aliphatic carbocycles. The highest BCUT2D eigenvalue weighted by atomic mass is 32.1. The van der Waals surface area contributed by atoms with Crippen LogP contribution in [0, 0.1) is 20.8 Å². The second-order valence-electron chi connectivity index (χ2n) is 9.95. The molecule has 1 fully saturated rings. The molecular formula is C31H31N5O3S. The van der Waals surface area contributed by atoms with Gasteiger partial charge in [-0.05, 0) is 92.6 Å². The number of nitrogens with zero attached hydrogens (tertiary/aromatic N) is 3. The summed E-state index contributed by atoms with van der Waals surface area (Å²) in [5.74, 6) is -1.04. The van der Waals surface area contributed by atoms with E-state index in [4.69, 9.17) is 12.2 Å². The largest absolute Gasteiger partial charge is 0.478 e. The summed E-state index contributed by atoms with van der Waals surface area (Å²) in [6.45, 7) is 6.47. The summed E-state index contributed by atoms with van der Waals surface area (Å²) >= 11 is 5.81. The summed E-state index contributed by atoms with van der Waals surface area (Å²) in [5.41, 5.74) is 6.85. The number of rotatable bonds is 8. The van der Waals surface area contributed by atoms with Crippen LogP contribution in [0.3, 0.4) is 0 Å². The number of amides is 1. The second kappa shape index (κ2) is 11.3. The fraction of sp³-hybridized carbons (Fsp3) is 0.226. The highest BCUT2D eigenvalue weighted by Crippen LogP contribution is 2.41. The first kappa shape index (κ1) is 27.1. The van der Waals surface area contributed by atoms with Crippen LogP contribution in [-0.2, 0) is 4.79 Å². The molecule has 1 saturated heterocycles. The molecule has 2 atom stereocenters. The summed E-state index contributed by atoms with van der Waals surface area (Å²) in [6.07, 6.45) is 2.03. The van der Waals surface area contributed by atoms with E-state index in [0.29, 0.717) is 11.7 Å². The van der Waals surface area contributed by atoms with E-state index in [1.165, 1.54) is 0 Å². The van der Waals surface area contributed by atoms with Crippen LogP contribution < -0.4 is 10.6 Å². The van der Waals surface area contributed by atoms with Gasteiger partial charge in [-0.1, -0.05) is 24.3 Å². The van der Waals surface area contributed by atoms with E-state index in [1.54, 1.807) is 18.3 Å². The van der Waals surface area contributed by atoms with E-state index >= 15 is 0 Å². The highest BCUT2D eigenvalue weighted by molar-refractivity contribution is 7.80. The van der Waals surface area contributed by atoms with Crippen LogP contribution in [-0.4, -0.2) is 43.1 Å². The van der Waals surface area contributed by atoms with Crippen molar-refractivity contribution in [2.75, 3.05) is 11.9 Å². The van der Waals surface area contributed by atoms with Gasteiger partial charge in [0.1, 0.15) is 0 Å². The summed E-state index contributed by atoms with van der Waals surface area (Å²) in [5, 5.41) is 16.4. The Labute approximate surface area is 238 Å². The van der Waals surface area contributed by atoms with Crippen LogP contribution in [0.1, 0.15) is 57.1 Å². The van der Waals surface area contributed by atoms with Gasteiger partial charge in [0.05, 0.1) is 23.3 Å². The van der Waals surface area contributed by atoms with Crippen LogP contribution >= 0.6 is 12.2 Å². The third-order valence-corrected chi connectivity index (χ3v) is 7.71. The summed E-state index contributed by atoms with van der Waals surface area (Å²) in [6, 6.07) is 22.1. The van der Waals surface area contributed by atoms with Crippen molar-refractivity contribution in [3.05, 3.63) is 113 Å². The predicted molar refractivity (Wildman–Crippen MR) is 159 cm³/mol. The summed E-state index contributed by atoms with van der Waals surface area (Å²) in [4.78, 5) is 31.0. The van der Waals surface area contributed by atoms with Crippen molar-refractivity contribution in [2.45, 2.75) is 39.3 Å². The zero-order chi connectivity index (χ0) is 28.4. The summed E-state index contributed by atoms with van der Waals surface area (Å²) < 4.78 is 2.11. The Morgan fingerprint density at radius 2 is 1.75 bits per heavy atom. The minimum atomic E-state index is -0.959. The molecule has 4 aromatic rings. The minimum Gasteiger partial charge on any atom is -0.478 e. The first-order chi connectivity index (χ1) is 19.2. The third-order valence-electron chi connectivity index (χ3n) is 7.36. The Balaban J connectivity index is 1.47. The number of anilines is 1. The first-order valence-corrected chi connectivity index (χ1v) is 13.5. The Hall–Kier alpha value is -4.50. The molecule has 204 valence electrons. The number of thiocarbonyl (C=S) groups is 1. The van der Waals surface area contributed by atoms with E-state index in [-0.39, 0.29) is 30.0 Å². The number of carbonyl (C=O) groups is 2. The highest BCUT2D eigenvalue weighted by Gasteiger charge is 2.41. The molecule has 1 amide bonds. The monoisotopic (exact) mass is 553 g/mol. The lowest BCUT2D eigenvalue weighted by Gasteiger charge is -2.28. The lowest BCUT2D eigenvalue weighted by atomic mass is 9.96. The number of hydrogen-bond acceptors (Lipinski definition) is 4. The molecule has 8 nitrogen and oxygen atoms in total. The number of carboxylic acids is 1. The second-order valence-corrected chi connectivity index (χ2v) is 10.3. The molecule has 1 aliphatic rings. The molecule has 3 heterocycles. The van der Waals surface area contributed by atoms with E-state index < -0.39 is 5.97 Å². The standard InChI is InChI=1S/C31H31N5O3S/c1-19-8-4-5-9-25(19)33-27(37)15-17-35-29(28(34-31(35)40)26-10-6-7-16-32-26)24-18-20(2)36(21(24)3)23-13-11-22(12-14-23)30(38)39/h4-14,16,18,28-29H,15,17H2,1-3H3,(H,33,37)(H,34,40)(H,38,39)/t28-,29-/m0/s1. The molecule has 0 radical (unpaired) electrons. The average molecular weight is 554 g/mol. The van der Waals surface area contributed by atoms with Gasteiger partial charge < -0.3 is 25.2 Å². The van der Waals surface area contributed by atoms with Gasteiger partial charge in [0, 0.05) is 41.9 Å². The van der Waals surface area contributed by atoms with E-state index in [1.807, 2.05) is 75.4 Å². The number of carbonyl (C=O) groups excluding carboxylic acids is 1. The maximum atomic E-state index is 12.9. The molecule has 2 aromatic carbocycles. The maximum Gasteiger partial charge on any atom is 0.335 e. The van der Waals surface area contributed by atoms with E-state index in [0.717, 1.165) is 39.6 Å². The van der Waals surface area contributed by atoms with Crippen LogP contribution in [0.25, 0.3) is 5.69 Å². The van der Waals surface area contributed by atoms with Gasteiger partial charge >= 0.3 is 5.97 Å². The Kier molecular flexibility index (Phi) is 7.66. The molecule has 5 rings (SSSR count). The number of aryl methyl sites for hydroxylation is 2. The van der Waals surface area contributed by atoms with Crippen molar-refractivity contribution < 1.29 is 14.7 Å². The maximum absolute atomic E-state index is 12.9. The molecule has 40 heavy (non-hydrogen) atoms. The van der Waals surface area contributed by atoms with Gasteiger partial charge in [0.15, 0.2) is 5.11 Å². The van der Waals surface area contributed by atoms with Crippen LogP contribution in [0.2, 0.25) is 0 Å². The Morgan fingerprint density at radius 1 is 1.02 bits per heavy atom. The number of pyridine rings is 1. The molecule has 0 bridgehead atoms. The van der Waals surface area contributed by atoms with Gasteiger partial charge in [-0.2, -0.15) is 0 Å². The zero-order valence-electron chi connectivity index (χ0n) is 22.6. The molecule has 0 unspecified atom stereocenters. The Bertz CT molecular complexity index is 1570. The lowest BCUT2D eigenvalue weighted by molar-refractivity contribution is -0.116. The van der Waals surface area contributed by atoms with Crippen molar-refractivity contribution in [1.29, 1.82) is 0 Å². The number of hydrogen-bond donors (Lipinski definition) is 3. The normalized spacial score (nSPS) is 16.6. The van der Waals surface area contributed by atoms with Crippen LogP contribution in [0.4, 0.5) is 5.69 Å². The van der Waals surface area contributed by atoms with Gasteiger partial charge in [0.25, 0.3) is 0 Å². The molecule has 2 aromatic heterocycles. The number of aromatic carboxylic acids is 1. The van der Waals surface area contributed by atoms with Crippen LogP contribution in [0.15, 0.2) is 79.0 Å². The van der Waals surface area contributed by atoms with E-state index in [9.17, 15) is 14.7 Å². The van der Waals surface area contributed by atoms with Crippen molar-refractivity contribution in [3.63, 3.8) is 0 Å². The SMILES string of the molecule is Cc1ccccc1NC(=O)CCN1C(=S)N[C@@H](c2ccccn2)[C@@H]1c1cc(C)n(-c2ccc(C(=O)O)cc2)c1C. The van der Waals surface area contributed by atoms with Gasteiger partial charge in [-0.15, -0.1) is 0 Å². The quantitative estimate of drug-likeness (QED) is 0.248. The number of benzene rings is 2. The first-order valence-electron chi connectivity index (χ1n) is 13.1. The van der Waals surface area contributed by atoms with Crippen molar-refractivity contribution in [3.8, 4) is 5.69 Å². The smallest absolute Gasteiger partial charge is 0.335 e. The topological polar surface area (TPSA) is 99.5 Å². The zero-order valence-corrected chi connectivity index (χ0v) is 23.4. The minimum absolute atomic E-state index is 0.0823. The van der Waals surface area contributed by atoms with Crippen molar-refractivity contribution in [1.82, 2.24) is 19.8 Å².